The Kier molecular flexibility index (Phi) is 6.47. The van der Waals surface area contributed by atoms with Gasteiger partial charge in [0.2, 0.25) is 5.88 Å². The van der Waals surface area contributed by atoms with E-state index in [9.17, 15) is 17.6 Å². The van der Waals surface area contributed by atoms with Crippen LogP contribution in [-0.2, 0) is 9.84 Å². The number of piperidine rings is 1. The number of aromatic nitrogens is 3. The number of carbonyl (C=O) groups is 1. The smallest absolute Gasteiger partial charge is 0.255 e. The number of carbonyl (C=O) groups excluding carboxylic acids is 1. The van der Waals surface area contributed by atoms with Gasteiger partial charge in [0.1, 0.15) is 12.1 Å². The number of rotatable bonds is 5. The molecule has 3 heterocycles. The largest absolute Gasteiger partial charge is 0.436 e. The molecular weight excluding hydrogens is 461 g/mol. The summed E-state index contributed by atoms with van der Waals surface area (Å²) in [6.07, 6.45) is 5.24. The van der Waals surface area contributed by atoms with Gasteiger partial charge in [-0.3, -0.25) is 4.79 Å². The second-order valence-corrected chi connectivity index (χ2v) is 10.2. The lowest BCUT2D eigenvalue weighted by Gasteiger charge is -2.32. The molecule has 1 aromatic carbocycles. The molecule has 1 saturated heterocycles. The molecule has 1 fully saturated rings. The van der Waals surface area contributed by atoms with Gasteiger partial charge < -0.3 is 15.4 Å². The average Bonchev–Trinajstić information content (AvgIpc) is 2.81. The van der Waals surface area contributed by atoms with E-state index in [1.54, 1.807) is 24.0 Å². The van der Waals surface area contributed by atoms with Crippen molar-refractivity contribution in [1.82, 2.24) is 19.9 Å². The number of nitrogens with two attached hydrogens (primary N) is 1. The van der Waals surface area contributed by atoms with Crippen LogP contribution in [0.1, 0.15) is 40.4 Å². The first kappa shape index (κ1) is 23.6. The van der Waals surface area contributed by atoms with Crippen LogP contribution in [0.2, 0.25) is 0 Å². The Morgan fingerprint density at radius 3 is 2.50 bits per heavy atom. The lowest BCUT2D eigenvalue weighted by Crippen LogP contribution is -2.38. The molecular formula is C23H24FN5O4S. The van der Waals surface area contributed by atoms with Crippen LogP contribution in [0.15, 0.2) is 47.8 Å². The van der Waals surface area contributed by atoms with Gasteiger partial charge >= 0.3 is 0 Å². The standard InChI is InChI=1S/C23H24FN5O4S/c1-14-21(15-7-9-29(10-8-15)23(30)16-3-6-20(25)26-12-16)27-13-28-22(14)33-19-5-4-17(11-18(19)24)34(2,31)32/h3-6,11-13,15H,7-10H2,1-2H3,(H2,25,26). The van der Waals surface area contributed by atoms with E-state index in [-0.39, 0.29) is 28.4 Å². The third-order valence-corrected chi connectivity index (χ3v) is 6.93. The van der Waals surface area contributed by atoms with Crippen molar-refractivity contribution in [2.45, 2.75) is 30.6 Å². The third-order valence-electron chi connectivity index (χ3n) is 5.82. The number of likely N-dealkylation sites (tertiary alicyclic amines) is 1. The van der Waals surface area contributed by atoms with E-state index in [1.165, 1.54) is 24.7 Å². The summed E-state index contributed by atoms with van der Waals surface area (Å²) in [6, 6.07) is 6.74. The van der Waals surface area contributed by atoms with Crippen LogP contribution in [0.4, 0.5) is 10.2 Å². The number of amides is 1. The van der Waals surface area contributed by atoms with Crippen LogP contribution in [0.5, 0.6) is 11.6 Å². The van der Waals surface area contributed by atoms with Crippen LogP contribution in [0, 0.1) is 12.7 Å². The van der Waals surface area contributed by atoms with Gasteiger partial charge in [0.05, 0.1) is 16.2 Å². The molecule has 0 aliphatic carbocycles. The molecule has 1 aliphatic rings. The summed E-state index contributed by atoms with van der Waals surface area (Å²) in [5.74, 6) is -0.385. The maximum Gasteiger partial charge on any atom is 0.255 e. The van der Waals surface area contributed by atoms with Crippen molar-refractivity contribution in [1.29, 1.82) is 0 Å². The molecule has 1 aliphatic heterocycles. The topological polar surface area (TPSA) is 128 Å². The number of ether oxygens (including phenoxy) is 1. The van der Waals surface area contributed by atoms with E-state index in [2.05, 4.69) is 15.0 Å². The number of halogens is 1. The maximum absolute atomic E-state index is 14.5. The van der Waals surface area contributed by atoms with Crippen molar-refractivity contribution in [3.63, 3.8) is 0 Å². The van der Waals surface area contributed by atoms with Crippen molar-refractivity contribution in [3.05, 3.63) is 65.5 Å². The van der Waals surface area contributed by atoms with Crippen LogP contribution in [0.25, 0.3) is 0 Å². The zero-order chi connectivity index (χ0) is 24.5. The van der Waals surface area contributed by atoms with E-state index in [1.807, 2.05) is 0 Å². The fourth-order valence-electron chi connectivity index (χ4n) is 3.93. The summed E-state index contributed by atoms with van der Waals surface area (Å²) in [4.78, 5) is 26.9. The highest BCUT2D eigenvalue weighted by atomic mass is 32.2. The first-order valence-electron chi connectivity index (χ1n) is 10.6. The minimum atomic E-state index is -3.53. The molecule has 0 atom stereocenters. The Labute approximate surface area is 196 Å². The van der Waals surface area contributed by atoms with Gasteiger partial charge in [0.25, 0.3) is 5.91 Å². The second-order valence-electron chi connectivity index (χ2n) is 8.19. The molecule has 0 saturated carbocycles. The van der Waals surface area contributed by atoms with Crippen LogP contribution in [-0.4, -0.2) is 53.5 Å². The SMILES string of the molecule is Cc1c(Oc2ccc(S(C)(=O)=O)cc2F)ncnc1C1CCN(C(=O)c2ccc(N)nc2)CC1. The minimum Gasteiger partial charge on any atom is -0.436 e. The quantitative estimate of drug-likeness (QED) is 0.584. The second kappa shape index (κ2) is 9.34. The fraction of sp³-hybridized carbons (Fsp3) is 0.304. The number of nitrogen functional groups attached to an aromatic ring is 1. The number of benzene rings is 1. The Balaban J connectivity index is 1.47. The summed E-state index contributed by atoms with van der Waals surface area (Å²) >= 11 is 0. The van der Waals surface area contributed by atoms with Gasteiger partial charge in [-0.25, -0.2) is 27.8 Å². The van der Waals surface area contributed by atoms with Crippen LogP contribution in [0.3, 0.4) is 0 Å². The van der Waals surface area contributed by atoms with E-state index in [0.717, 1.165) is 18.0 Å². The van der Waals surface area contributed by atoms with E-state index in [0.29, 0.717) is 42.9 Å². The summed E-state index contributed by atoms with van der Waals surface area (Å²) in [6.45, 7) is 2.90. The molecule has 1 amide bonds. The highest BCUT2D eigenvalue weighted by molar-refractivity contribution is 7.90. The average molecular weight is 486 g/mol. The molecule has 178 valence electrons. The van der Waals surface area contributed by atoms with Crippen molar-refractivity contribution in [2.24, 2.45) is 0 Å². The predicted molar refractivity (Wildman–Crippen MR) is 123 cm³/mol. The lowest BCUT2D eigenvalue weighted by molar-refractivity contribution is 0.0711. The monoisotopic (exact) mass is 485 g/mol. The molecule has 3 aromatic rings. The number of hydrogen-bond acceptors (Lipinski definition) is 8. The Morgan fingerprint density at radius 1 is 1.15 bits per heavy atom. The highest BCUT2D eigenvalue weighted by Crippen LogP contribution is 2.34. The molecule has 0 radical (unpaired) electrons. The zero-order valence-electron chi connectivity index (χ0n) is 18.7. The summed E-state index contributed by atoms with van der Waals surface area (Å²) in [5, 5.41) is 0. The Hall–Kier alpha value is -3.60. The number of nitrogens with zero attached hydrogens (tertiary/aromatic N) is 4. The van der Waals surface area contributed by atoms with Gasteiger partial charge in [0, 0.05) is 37.0 Å². The van der Waals surface area contributed by atoms with E-state index >= 15 is 0 Å². The molecule has 0 spiro atoms. The van der Waals surface area contributed by atoms with Crippen molar-refractivity contribution in [3.8, 4) is 11.6 Å². The van der Waals surface area contributed by atoms with Crippen LogP contribution >= 0.6 is 0 Å². The summed E-state index contributed by atoms with van der Waals surface area (Å²) in [7, 11) is -3.53. The Bertz CT molecular complexity index is 1320. The van der Waals surface area contributed by atoms with Gasteiger partial charge in [0.15, 0.2) is 21.4 Å². The van der Waals surface area contributed by atoms with E-state index in [4.69, 9.17) is 10.5 Å². The zero-order valence-corrected chi connectivity index (χ0v) is 19.5. The molecule has 2 N–H and O–H groups in total. The van der Waals surface area contributed by atoms with E-state index < -0.39 is 15.7 Å². The number of sulfone groups is 1. The third kappa shape index (κ3) is 4.98. The molecule has 0 unspecified atom stereocenters. The first-order valence-corrected chi connectivity index (χ1v) is 12.5. The summed E-state index contributed by atoms with van der Waals surface area (Å²) in [5.41, 5.74) is 7.53. The molecule has 9 nitrogen and oxygen atoms in total. The van der Waals surface area contributed by atoms with Crippen molar-refractivity contribution < 1.29 is 22.3 Å². The van der Waals surface area contributed by atoms with Crippen molar-refractivity contribution >= 4 is 21.6 Å². The van der Waals surface area contributed by atoms with Gasteiger partial charge in [-0.2, -0.15) is 0 Å². The molecule has 11 heteroatoms. The normalized spacial score (nSPS) is 14.7. The van der Waals surface area contributed by atoms with Gasteiger partial charge in [-0.15, -0.1) is 0 Å². The first-order chi connectivity index (χ1) is 16.1. The van der Waals surface area contributed by atoms with Crippen molar-refractivity contribution in [2.75, 3.05) is 25.1 Å². The number of anilines is 1. The predicted octanol–water partition coefficient (Wildman–Crippen LogP) is 3.12. The maximum atomic E-state index is 14.5. The molecule has 0 bridgehead atoms. The number of hydrogen-bond donors (Lipinski definition) is 1. The highest BCUT2D eigenvalue weighted by Gasteiger charge is 2.27. The molecule has 2 aromatic heterocycles. The lowest BCUT2D eigenvalue weighted by atomic mass is 9.91. The van der Waals surface area contributed by atoms with Gasteiger partial charge in [-0.1, -0.05) is 0 Å². The molecule has 4 rings (SSSR count). The number of pyridine rings is 1. The fourth-order valence-corrected chi connectivity index (χ4v) is 4.56. The van der Waals surface area contributed by atoms with Crippen LogP contribution < -0.4 is 10.5 Å². The summed E-state index contributed by atoms with van der Waals surface area (Å²) < 4.78 is 43.4. The van der Waals surface area contributed by atoms with Gasteiger partial charge in [-0.05, 0) is 50.1 Å². The minimum absolute atomic E-state index is 0.0800. The molecule has 34 heavy (non-hydrogen) atoms. The Morgan fingerprint density at radius 2 is 1.88 bits per heavy atom.